The van der Waals surface area contributed by atoms with Gasteiger partial charge in [-0.2, -0.15) is 0 Å². The van der Waals surface area contributed by atoms with E-state index < -0.39 is 0 Å². The van der Waals surface area contributed by atoms with E-state index >= 15 is 0 Å². The second kappa shape index (κ2) is 7.41. The maximum Gasteiger partial charge on any atom is 0.414 e. The fourth-order valence-electron chi connectivity index (χ4n) is 2.13. The van der Waals surface area contributed by atoms with Crippen LogP contribution in [-0.2, 0) is 9.47 Å². The van der Waals surface area contributed by atoms with Crippen molar-refractivity contribution in [2.75, 3.05) is 20.2 Å². The zero-order valence-corrected chi connectivity index (χ0v) is 11.9. The molecule has 4 heteroatoms. The number of carbonyl (C=O) groups excluding carboxylic acids is 1. The van der Waals surface area contributed by atoms with E-state index in [0.29, 0.717) is 5.92 Å². The van der Waals surface area contributed by atoms with Crippen molar-refractivity contribution in [3.8, 4) is 0 Å². The summed E-state index contributed by atoms with van der Waals surface area (Å²) in [6.45, 7) is 8.03. The first-order valence-corrected chi connectivity index (χ1v) is 6.75. The molecular weight excluding hydrogens is 230 g/mol. The number of hydrogen-bond acceptors (Lipinski definition) is 3. The second-order valence-corrected chi connectivity index (χ2v) is 5.06. The summed E-state index contributed by atoms with van der Waals surface area (Å²) in [6, 6.07) is 0. The quantitative estimate of drug-likeness (QED) is 0.685. The maximum atomic E-state index is 11.5. The highest BCUT2D eigenvalue weighted by Crippen LogP contribution is 2.21. The van der Waals surface area contributed by atoms with Crippen molar-refractivity contribution in [2.45, 2.75) is 39.7 Å². The number of nitrogens with zero attached hydrogens (tertiary/aromatic N) is 1. The molecule has 1 aliphatic rings. The summed E-state index contributed by atoms with van der Waals surface area (Å²) in [5, 5.41) is 0. The van der Waals surface area contributed by atoms with Crippen molar-refractivity contribution >= 4 is 6.09 Å². The van der Waals surface area contributed by atoms with Gasteiger partial charge in [-0.15, -0.1) is 0 Å². The third-order valence-electron chi connectivity index (χ3n) is 3.49. The lowest BCUT2D eigenvalue weighted by Crippen LogP contribution is -2.41. The molecule has 0 aromatic heterocycles. The molecule has 0 N–H and O–H groups in total. The molecule has 0 radical (unpaired) electrons. The number of carbonyl (C=O) groups is 1. The molecule has 4 nitrogen and oxygen atoms in total. The molecule has 1 amide bonds. The molecule has 0 spiro atoms. The SMILES string of the molecule is CCC(OC)C(C=COC(=O)N1CCC1)C(C)C. The summed E-state index contributed by atoms with van der Waals surface area (Å²) >= 11 is 0. The smallest absolute Gasteiger partial charge is 0.414 e. The minimum absolute atomic E-state index is 0.170. The lowest BCUT2D eigenvalue weighted by molar-refractivity contribution is 0.0485. The number of rotatable bonds is 6. The molecule has 0 aromatic carbocycles. The van der Waals surface area contributed by atoms with Crippen LogP contribution >= 0.6 is 0 Å². The molecule has 1 fully saturated rings. The van der Waals surface area contributed by atoms with Gasteiger partial charge in [-0.1, -0.05) is 20.8 Å². The van der Waals surface area contributed by atoms with Gasteiger partial charge in [-0.25, -0.2) is 4.79 Å². The minimum atomic E-state index is -0.245. The Hall–Kier alpha value is -1.03. The highest BCUT2D eigenvalue weighted by Gasteiger charge is 2.22. The van der Waals surface area contributed by atoms with E-state index in [1.54, 1.807) is 12.0 Å². The van der Waals surface area contributed by atoms with E-state index in [0.717, 1.165) is 25.9 Å². The molecule has 1 aliphatic heterocycles. The predicted octanol–water partition coefficient (Wildman–Crippen LogP) is 3.04. The van der Waals surface area contributed by atoms with E-state index in [2.05, 4.69) is 20.8 Å². The van der Waals surface area contributed by atoms with Crippen LogP contribution in [0.4, 0.5) is 4.79 Å². The first-order chi connectivity index (χ1) is 8.60. The third-order valence-corrected chi connectivity index (χ3v) is 3.49. The molecule has 2 atom stereocenters. The zero-order chi connectivity index (χ0) is 13.5. The normalized spacial score (nSPS) is 18.8. The van der Waals surface area contributed by atoms with Crippen molar-refractivity contribution < 1.29 is 14.3 Å². The van der Waals surface area contributed by atoms with Crippen LogP contribution in [-0.4, -0.2) is 37.3 Å². The Balaban J connectivity index is 2.46. The maximum absolute atomic E-state index is 11.5. The molecule has 18 heavy (non-hydrogen) atoms. The third kappa shape index (κ3) is 4.02. The van der Waals surface area contributed by atoms with Crippen LogP contribution in [0.25, 0.3) is 0 Å². The highest BCUT2D eigenvalue weighted by molar-refractivity contribution is 5.69. The highest BCUT2D eigenvalue weighted by atomic mass is 16.5. The molecule has 1 saturated heterocycles. The van der Waals surface area contributed by atoms with E-state index in [1.807, 2.05) is 6.08 Å². The number of amides is 1. The zero-order valence-electron chi connectivity index (χ0n) is 11.9. The minimum Gasteiger partial charge on any atom is -0.418 e. The molecule has 0 aromatic rings. The van der Waals surface area contributed by atoms with Crippen LogP contribution < -0.4 is 0 Å². The van der Waals surface area contributed by atoms with Crippen LogP contribution in [0.2, 0.25) is 0 Å². The average molecular weight is 255 g/mol. The lowest BCUT2D eigenvalue weighted by Gasteiger charge is -2.29. The van der Waals surface area contributed by atoms with Gasteiger partial charge in [-0.05, 0) is 24.8 Å². The molecule has 0 bridgehead atoms. The molecule has 1 rings (SSSR count). The fourth-order valence-corrected chi connectivity index (χ4v) is 2.13. The summed E-state index contributed by atoms with van der Waals surface area (Å²) in [4.78, 5) is 13.2. The van der Waals surface area contributed by atoms with Crippen LogP contribution in [0, 0.1) is 11.8 Å². The topological polar surface area (TPSA) is 38.8 Å². The predicted molar refractivity (Wildman–Crippen MR) is 71.2 cm³/mol. The Bertz CT molecular complexity index is 281. The van der Waals surface area contributed by atoms with Crippen LogP contribution in [0.1, 0.15) is 33.6 Å². The van der Waals surface area contributed by atoms with Crippen LogP contribution in [0.3, 0.4) is 0 Å². The Morgan fingerprint density at radius 1 is 1.39 bits per heavy atom. The van der Waals surface area contributed by atoms with E-state index in [1.165, 1.54) is 6.26 Å². The summed E-state index contributed by atoms with van der Waals surface area (Å²) in [5.74, 6) is 0.720. The van der Waals surface area contributed by atoms with Gasteiger partial charge >= 0.3 is 6.09 Å². The van der Waals surface area contributed by atoms with E-state index in [-0.39, 0.29) is 18.1 Å². The lowest BCUT2D eigenvalue weighted by atomic mass is 9.89. The van der Waals surface area contributed by atoms with Gasteiger partial charge in [0.15, 0.2) is 0 Å². The second-order valence-electron chi connectivity index (χ2n) is 5.06. The monoisotopic (exact) mass is 255 g/mol. The average Bonchev–Trinajstić information content (AvgIpc) is 2.25. The van der Waals surface area contributed by atoms with Gasteiger partial charge in [0.2, 0.25) is 0 Å². The number of likely N-dealkylation sites (tertiary alicyclic amines) is 1. The Kier molecular flexibility index (Phi) is 6.19. The van der Waals surface area contributed by atoms with Crippen LogP contribution in [0.15, 0.2) is 12.3 Å². The fraction of sp³-hybridized carbons (Fsp3) is 0.786. The summed E-state index contributed by atoms with van der Waals surface area (Å²) in [6.07, 6.45) is 5.42. The van der Waals surface area contributed by atoms with Gasteiger partial charge in [0.25, 0.3) is 0 Å². The molecule has 1 heterocycles. The van der Waals surface area contributed by atoms with Gasteiger partial charge in [-0.3, -0.25) is 0 Å². The van der Waals surface area contributed by atoms with Crippen molar-refractivity contribution in [3.63, 3.8) is 0 Å². The van der Waals surface area contributed by atoms with Crippen molar-refractivity contribution in [1.82, 2.24) is 4.90 Å². The molecule has 2 unspecified atom stereocenters. The summed E-state index contributed by atoms with van der Waals surface area (Å²) < 4.78 is 10.6. The van der Waals surface area contributed by atoms with E-state index in [9.17, 15) is 4.79 Å². The molecule has 104 valence electrons. The van der Waals surface area contributed by atoms with Crippen molar-refractivity contribution in [2.24, 2.45) is 11.8 Å². The molecule has 0 saturated carbocycles. The Labute approximate surface area is 110 Å². The van der Waals surface area contributed by atoms with Gasteiger partial charge in [0.1, 0.15) is 0 Å². The number of ether oxygens (including phenoxy) is 2. The van der Waals surface area contributed by atoms with Crippen molar-refractivity contribution in [1.29, 1.82) is 0 Å². The number of methoxy groups -OCH3 is 1. The number of hydrogen-bond donors (Lipinski definition) is 0. The Morgan fingerprint density at radius 2 is 2.06 bits per heavy atom. The van der Waals surface area contributed by atoms with Crippen LogP contribution in [0.5, 0.6) is 0 Å². The summed E-state index contributed by atoms with van der Waals surface area (Å²) in [5.41, 5.74) is 0. The first-order valence-electron chi connectivity index (χ1n) is 6.75. The standard InChI is InChI=1S/C14H25NO3/c1-5-13(17-4)12(11(2)3)7-10-18-14(16)15-8-6-9-15/h7,10-13H,5-6,8-9H2,1-4H3. The van der Waals surface area contributed by atoms with Gasteiger partial charge in [0.05, 0.1) is 12.4 Å². The molecular formula is C14H25NO3. The van der Waals surface area contributed by atoms with Gasteiger partial charge < -0.3 is 14.4 Å². The van der Waals surface area contributed by atoms with Gasteiger partial charge in [0, 0.05) is 26.1 Å². The largest absolute Gasteiger partial charge is 0.418 e. The van der Waals surface area contributed by atoms with E-state index in [4.69, 9.17) is 9.47 Å². The molecule has 0 aliphatic carbocycles. The first kappa shape index (κ1) is 15.0. The summed E-state index contributed by atoms with van der Waals surface area (Å²) in [7, 11) is 1.73. The van der Waals surface area contributed by atoms with Crippen molar-refractivity contribution in [3.05, 3.63) is 12.3 Å². The Morgan fingerprint density at radius 3 is 2.44 bits per heavy atom.